The van der Waals surface area contributed by atoms with Crippen LogP contribution in [0.1, 0.15) is 27.3 Å². The molecule has 30 heavy (non-hydrogen) atoms. The fraction of sp³-hybridized carbons (Fsp3) is 0.316. The van der Waals surface area contributed by atoms with Crippen LogP contribution in [0.2, 0.25) is 0 Å². The number of nitrogens with one attached hydrogen (secondary N) is 2. The quantitative estimate of drug-likeness (QED) is 0.231. The van der Waals surface area contributed by atoms with Crippen LogP contribution in [-0.2, 0) is 7.05 Å². The van der Waals surface area contributed by atoms with Crippen molar-refractivity contribution in [2.24, 2.45) is 12.1 Å². The fourth-order valence-corrected chi connectivity index (χ4v) is 3.41. The first kappa shape index (κ1) is 21.4. The third-order valence-electron chi connectivity index (χ3n) is 4.43. The molecule has 158 valence electrons. The summed E-state index contributed by atoms with van der Waals surface area (Å²) in [5.74, 6) is 1.58. The molecule has 0 aliphatic rings. The SMILES string of the molecule is COc1ccc(C(=O)CSc2n[nH]c(N/N=C/c3c(C)nn(C)c3C)n2)cc1OC. The monoisotopic (exact) mass is 429 g/mol. The van der Waals surface area contributed by atoms with Crippen LogP contribution >= 0.6 is 11.8 Å². The van der Waals surface area contributed by atoms with E-state index in [1.54, 1.807) is 36.2 Å². The van der Waals surface area contributed by atoms with Gasteiger partial charge in [0.05, 0.1) is 31.9 Å². The van der Waals surface area contributed by atoms with Crippen molar-refractivity contribution in [1.29, 1.82) is 0 Å². The number of Topliss-reactive ketones (excluding diaryl/α,β-unsaturated/α-hetero) is 1. The standard InChI is InChI=1S/C19H23N7O3S/c1-11-14(12(2)26(3)25-11)9-20-22-18-21-19(24-23-18)30-10-15(27)13-6-7-16(28-4)17(8-13)29-5/h6-9H,10H2,1-5H3,(H2,21,22,23,24)/b20-9+. The van der Waals surface area contributed by atoms with Crippen molar-refractivity contribution in [3.05, 3.63) is 40.7 Å². The van der Waals surface area contributed by atoms with Crippen LogP contribution in [0, 0.1) is 13.8 Å². The molecule has 2 aromatic heterocycles. The lowest BCUT2D eigenvalue weighted by Gasteiger charge is -2.08. The zero-order valence-electron chi connectivity index (χ0n) is 17.4. The molecule has 0 amide bonds. The van der Waals surface area contributed by atoms with Crippen LogP contribution in [0.25, 0.3) is 0 Å². The molecule has 0 saturated heterocycles. The number of thioether (sulfide) groups is 1. The molecule has 2 heterocycles. The minimum atomic E-state index is -0.0687. The van der Waals surface area contributed by atoms with Gasteiger partial charge in [0.15, 0.2) is 17.3 Å². The second-order valence-corrected chi connectivity index (χ2v) is 7.27. The molecule has 3 aromatic rings. The van der Waals surface area contributed by atoms with E-state index in [0.717, 1.165) is 17.0 Å². The lowest BCUT2D eigenvalue weighted by molar-refractivity contribution is 0.102. The summed E-state index contributed by atoms with van der Waals surface area (Å²) >= 11 is 1.23. The number of benzene rings is 1. The maximum atomic E-state index is 12.5. The molecular formula is C19H23N7O3S. The highest BCUT2D eigenvalue weighted by Crippen LogP contribution is 2.28. The molecular weight excluding hydrogens is 406 g/mol. The van der Waals surface area contributed by atoms with Gasteiger partial charge in [0, 0.05) is 23.9 Å². The number of carbonyl (C=O) groups is 1. The van der Waals surface area contributed by atoms with Gasteiger partial charge in [-0.2, -0.15) is 15.2 Å². The Bertz CT molecular complexity index is 1070. The summed E-state index contributed by atoms with van der Waals surface area (Å²) in [6.07, 6.45) is 1.69. The van der Waals surface area contributed by atoms with Gasteiger partial charge in [-0.25, -0.2) is 10.5 Å². The number of rotatable bonds is 9. The van der Waals surface area contributed by atoms with E-state index in [-0.39, 0.29) is 11.5 Å². The van der Waals surface area contributed by atoms with Crippen molar-refractivity contribution in [3.63, 3.8) is 0 Å². The van der Waals surface area contributed by atoms with Gasteiger partial charge in [-0.15, -0.1) is 5.10 Å². The predicted molar refractivity (Wildman–Crippen MR) is 115 cm³/mol. The first-order chi connectivity index (χ1) is 14.4. The number of carbonyl (C=O) groups excluding carboxylic acids is 1. The molecule has 0 aliphatic carbocycles. The van der Waals surface area contributed by atoms with Crippen LogP contribution in [0.15, 0.2) is 28.5 Å². The van der Waals surface area contributed by atoms with Crippen LogP contribution in [-0.4, -0.2) is 56.9 Å². The number of aromatic nitrogens is 5. The third kappa shape index (κ3) is 4.79. The summed E-state index contributed by atoms with van der Waals surface area (Å²) in [6.45, 7) is 3.90. The average molecular weight is 430 g/mol. The van der Waals surface area contributed by atoms with Gasteiger partial charge in [0.25, 0.3) is 0 Å². The van der Waals surface area contributed by atoms with Crippen LogP contribution in [0.4, 0.5) is 5.95 Å². The van der Waals surface area contributed by atoms with E-state index >= 15 is 0 Å². The van der Waals surface area contributed by atoms with Crippen molar-refractivity contribution >= 4 is 29.7 Å². The topological polar surface area (TPSA) is 119 Å². The van der Waals surface area contributed by atoms with Gasteiger partial charge in [0.2, 0.25) is 11.1 Å². The number of hydrazone groups is 1. The van der Waals surface area contributed by atoms with Gasteiger partial charge in [-0.1, -0.05) is 11.8 Å². The van der Waals surface area contributed by atoms with Crippen LogP contribution < -0.4 is 14.9 Å². The van der Waals surface area contributed by atoms with E-state index in [4.69, 9.17) is 9.47 Å². The number of aromatic amines is 1. The number of hydrogen-bond donors (Lipinski definition) is 2. The second-order valence-electron chi connectivity index (χ2n) is 6.33. The largest absolute Gasteiger partial charge is 0.493 e. The van der Waals surface area contributed by atoms with E-state index in [1.165, 1.54) is 18.9 Å². The molecule has 0 atom stereocenters. The van der Waals surface area contributed by atoms with Crippen molar-refractivity contribution in [1.82, 2.24) is 25.0 Å². The smallest absolute Gasteiger partial charge is 0.240 e. The van der Waals surface area contributed by atoms with Crippen molar-refractivity contribution in [2.75, 3.05) is 25.4 Å². The van der Waals surface area contributed by atoms with E-state index < -0.39 is 0 Å². The average Bonchev–Trinajstić information content (AvgIpc) is 3.30. The Kier molecular flexibility index (Phi) is 6.72. The fourth-order valence-electron chi connectivity index (χ4n) is 2.72. The molecule has 0 spiro atoms. The molecule has 0 saturated carbocycles. The summed E-state index contributed by atoms with van der Waals surface area (Å²) in [6, 6.07) is 5.06. The Morgan fingerprint density at radius 3 is 2.73 bits per heavy atom. The van der Waals surface area contributed by atoms with Gasteiger partial charge >= 0.3 is 0 Å². The molecule has 11 heteroatoms. The Hall–Kier alpha value is -3.34. The molecule has 2 N–H and O–H groups in total. The number of methoxy groups -OCH3 is 2. The number of aryl methyl sites for hydroxylation is 2. The van der Waals surface area contributed by atoms with E-state index in [1.807, 2.05) is 20.9 Å². The Morgan fingerprint density at radius 1 is 1.30 bits per heavy atom. The van der Waals surface area contributed by atoms with Crippen LogP contribution in [0.3, 0.4) is 0 Å². The van der Waals surface area contributed by atoms with E-state index in [2.05, 4.69) is 30.8 Å². The zero-order valence-corrected chi connectivity index (χ0v) is 18.2. The molecule has 0 bridgehead atoms. The van der Waals surface area contributed by atoms with E-state index in [0.29, 0.717) is 28.2 Å². The first-order valence-corrected chi connectivity index (χ1v) is 10.0. The normalized spacial score (nSPS) is 11.1. The molecule has 10 nitrogen and oxygen atoms in total. The summed E-state index contributed by atoms with van der Waals surface area (Å²) in [5.41, 5.74) is 6.18. The Balaban J connectivity index is 1.56. The molecule has 3 rings (SSSR count). The maximum absolute atomic E-state index is 12.5. The third-order valence-corrected chi connectivity index (χ3v) is 5.28. The number of ether oxygens (including phenoxy) is 2. The van der Waals surface area contributed by atoms with Crippen LogP contribution in [0.5, 0.6) is 11.5 Å². The first-order valence-electron chi connectivity index (χ1n) is 9.02. The Morgan fingerprint density at radius 2 is 2.07 bits per heavy atom. The maximum Gasteiger partial charge on any atom is 0.240 e. The second kappa shape index (κ2) is 9.44. The number of nitrogens with zero attached hydrogens (tertiary/aromatic N) is 5. The van der Waals surface area contributed by atoms with Crippen molar-refractivity contribution in [3.8, 4) is 11.5 Å². The van der Waals surface area contributed by atoms with Gasteiger partial charge in [0.1, 0.15) is 0 Å². The van der Waals surface area contributed by atoms with Gasteiger partial charge in [-0.05, 0) is 32.0 Å². The minimum Gasteiger partial charge on any atom is -0.493 e. The predicted octanol–water partition coefficient (Wildman–Crippen LogP) is 2.59. The van der Waals surface area contributed by atoms with Gasteiger partial charge in [-0.3, -0.25) is 9.48 Å². The minimum absolute atomic E-state index is 0.0687. The lowest BCUT2D eigenvalue weighted by atomic mass is 10.1. The highest BCUT2D eigenvalue weighted by molar-refractivity contribution is 7.99. The number of hydrogen-bond acceptors (Lipinski definition) is 9. The summed E-state index contributed by atoms with van der Waals surface area (Å²) in [5, 5.41) is 15.8. The van der Waals surface area contributed by atoms with E-state index in [9.17, 15) is 4.79 Å². The molecule has 0 radical (unpaired) electrons. The van der Waals surface area contributed by atoms with Crippen molar-refractivity contribution in [2.45, 2.75) is 19.0 Å². The molecule has 1 aromatic carbocycles. The summed E-state index contributed by atoms with van der Waals surface area (Å²) < 4.78 is 12.2. The van der Waals surface area contributed by atoms with Gasteiger partial charge < -0.3 is 9.47 Å². The highest BCUT2D eigenvalue weighted by atomic mass is 32.2. The Labute approximate surface area is 178 Å². The molecule has 0 aliphatic heterocycles. The zero-order chi connectivity index (χ0) is 21.7. The number of anilines is 1. The summed E-state index contributed by atoms with van der Waals surface area (Å²) in [4.78, 5) is 16.7. The number of H-pyrrole nitrogens is 1. The van der Waals surface area contributed by atoms with Crippen molar-refractivity contribution < 1.29 is 14.3 Å². The summed E-state index contributed by atoms with van der Waals surface area (Å²) in [7, 11) is 4.96. The molecule has 0 unspecified atom stereocenters. The lowest BCUT2D eigenvalue weighted by Crippen LogP contribution is -2.03. The highest BCUT2D eigenvalue weighted by Gasteiger charge is 2.13. The molecule has 0 fully saturated rings. The number of ketones is 1.